The van der Waals surface area contributed by atoms with E-state index in [1.54, 1.807) is 12.1 Å². The highest BCUT2D eigenvalue weighted by Crippen LogP contribution is 2.47. The van der Waals surface area contributed by atoms with E-state index in [2.05, 4.69) is 32.2 Å². The Labute approximate surface area is 154 Å². The number of benzene rings is 1. The number of hydrogen-bond acceptors (Lipinski definition) is 5. The molecule has 25 heavy (non-hydrogen) atoms. The van der Waals surface area contributed by atoms with Gasteiger partial charge in [-0.25, -0.2) is 4.39 Å². The number of halogens is 2. The van der Waals surface area contributed by atoms with Crippen LogP contribution in [0.3, 0.4) is 0 Å². The van der Waals surface area contributed by atoms with Crippen molar-refractivity contribution in [3.05, 3.63) is 67.9 Å². The fourth-order valence-corrected chi connectivity index (χ4v) is 4.39. The van der Waals surface area contributed by atoms with Gasteiger partial charge in [-0.05, 0) is 52.3 Å². The fraction of sp³-hybridized carbons (Fsp3) is 0.0588. The molecule has 0 spiro atoms. The van der Waals surface area contributed by atoms with Crippen molar-refractivity contribution in [3.63, 3.8) is 0 Å². The summed E-state index contributed by atoms with van der Waals surface area (Å²) in [4.78, 5) is 0.931. The van der Waals surface area contributed by atoms with Crippen molar-refractivity contribution in [1.82, 2.24) is 10.2 Å². The third-order valence-corrected chi connectivity index (χ3v) is 5.64. The number of nitrogens with two attached hydrogens (primary N) is 1. The zero-order valence-corrected chi connectivity index (χ0v) is 15.0. The SMILES string of the molecule is N#CC1=C(N)Oc2n[nH]c(-c3ccc(F)cc3)c2[C@@H]1c1ccc(Br)s1. The van der Waals surface area contributed by atoms with Gasteiger partial charge in [-0.1, -0.05) is 0 Å². The first kappa shape index (κ1) is 15.9. The van der Waals surface area contributed by atoms with Gasteiger partial charge < -0.3 is 10.5 Å². The molecule has 1 aliphatic heterocycles. The van der Waals surface area contributed by atoms with Crippen LogP contribution in [0.5, 0.6) is 5.88 Å². The van der Waals surface area contributed by atoms with Gasteiger partial charge in [-0.15, -0.1) is 16.4 Å². The summed E-state index contributed by atoms with van der Waals surface area (Å²) >= 11 is 4.96. The molecule has 1 aliphatic rings. The van der Waals surface area contributed by atoms with Gasteiger partial charge in [0.25, 0.3) is 0 Å². The smallest absolute Gasteiger partial charge is 0.244 e. The summed E-state index contributed by atoms with van der Waals surface area (Å²) in [5.41, 5.74) is 8.39. The second-order valence-corrected chi connectivity index (χ2v) is 7.89. The molecule has 0 saturated heterocycles. The van der Waals surface area contributed by atoms with E-state index in [1.807, 2.05) is 12.1 Å². The van der Waals surface area contributed by atoms with Crippen LogP contribution in [0.4, 0.5) is 4.39 Å². The molecule has 0 unspecified atom stereocenters. The normalized spacial score (nSPS) is 16.3. The molecule has 124 valence electrons. The number of nitriles is 1. The van der Waals surface area contributed by atoms with E-state index in [4.69, 9.17) is 10.5 Å². The monoisotopic (exact) mass is 416 g/mol. The molecule has 5 nitrogen and oxygen atoms in total. The standard InChI is InChI=1S/C17H10BrFN4OS/c18-12-6-5-11(25-12)13-10(7-20)16(21)24-17-14(13)15(22-23-17)8-1-3-9(19)4-2-8/h1-6,13H,21H2,(H,22,23)/t13-/m0/s1. The average molecular weight is 417 g/mol. The number of nitrogens with one attached hydrogen (secondary N) is 1. The van der Waals surface area contributed by atoms with E-state index in [0.29, 0.717) is 22.7 Å². The van der Waals surface area contributed by atoms with E-state index >= 15 is 0 Å². The largest absolute Gasteiger partial charge is 0.420 e. The molecule has 3 N–H and O–H groups in total. The first-order valence-electron chi connectivity index (χ1n) is 7.25. The molecule has 0 amide bonds. The van der Waals surface area contributed by atoms with Crippen molar-refractivity contribution in [2.45, 2.75) is 5.92 Å². The highest BCUT2D eigenvalue weighted by atomic mass is 79.9. The zero-order chi connectivity index (χ0) is 17.6. The number of rotatable bonds is 2. The Balaban J connectivity index is 1.94. The van der Waals surface area contributed by atoms with E-state index < -0.39 is 5.92 Å². The summed E-state index contributed by atoms with van der Waals surface area (Å²) in [5, 5.41) is 16.7. The summed E-state index contributed by atoms with van der Waals surface area (Å²) in [6.45, 7) is 0. The summed E-state index contributed by atoms with van der Waals surface area (Å²) in [7, 11) is 0. The lowest BCUT2D eigenvalue weighted by atomic mass is 9.87. The fourth-order valence-electron chi connectivity index (χ4n) is 2.85. The van der Waals surface area contributed by atoms with Crippen LogP contribution >= 0.6 is 27.3 Å². The molecule has 4 rings (SSSR count). The van der Waals surface area contributed by atoms with Crippen LogP contribution < -0.4 is 10.5 Å². The Bertz CT molecular complexity index is 1030. The van der Waals surface area contributed by atoms with Crippen molar-refractivity contribution >= 4 is 27.3 Å². The van der Waals surface area contributed by atoms with Crippen LogP contribution in [0, 0.1) is 17.1 Å². The number of H-pyrrole nitrogens is 1. The Kier molecular flexibility index (Phi) is 3.82. The molecule has 0 fully saturated rings. The zero-order valence-electron chi connectivity index (χ0n) is 12.6. The first-order chi connectivity index (χ1) is 12.1. The molecule has 1 atom stereocenters. The summed E-state index contributed by atoms with van der Waals surface area (Å²) in [6, 6.07) is 12.0. The third kappa shape index (κ3) is 2.62. The molecule has 2 aromatic heterocycles. The first-order valence-corrected chi connectivity index (χ1v) is 8.86. The van der Waals surface area contributed by atoms with Crippen molar-refractivity contribution in [2.24, 2.45) is 5.73 Å². The van der Waals surface area contributed by atoms with Gasteiger partial charge in [-0.2, -0.15) is 5.26 Å². The maximum absolute atomic E-state index is 13.3. The molecule has 3 aromatic rings. The molecule has 1 aromatic carbocycles. The minimum atomic E-state index is -0.399. The van der Waals surface area contributed by atoms with Crippen LogP contribution in [0.2, 0.25) is 0 Å². The molecule has 0 bridgehead atoms. The highest BCUT2D eigenvalue weighted by Gasteiger charge is 2.36. The van der Waals surface area contributed by atoms with Crippen LogP contribution in [0.15, 0.2) is 51.6 Å². The predicted molar refractivity (Wildman–Crippen MR) is 95.3 cm³/mol. The van der Waals surface area contributed by atoms with Gasteiger partial charge in [0, 0.05) is 10.4 Å². The summed E-state index contributed by atoms with van der Waals surface area (Å²) < 4.78 is 19.7. The average Bonchev–Trinajstić information content (AvgIpc) is 3.20. The predicted octanol–water partition coefficient (Wildman–Crippen LogP) is 4.26. The Hall–Kier alpha value is -2.63. The molecule has 8 heteroatoms. The van der Waals surface area contributed by atoms with E-state index in [0.717, 1.165) is 14.2 Å². The number of hydrogen-bond donors (Lipinski definition) is 2. The molecule has 3 heterocycles. The molecule has 0 radical (unpaired) electrons. The topological polar surface area (TPSA) is 87.7 Å². The Morgan fingerprint density at radius 3 is 2.68 bits per heavy atom. The van der Waals surface area contributed by atoms with Crippen molar-refractivity contribution in [2.75, 3.05) is 0 Å². The molecular formula is C17H10BrFN4OS. The van der Waals surface area contributed by atoms with Crippen LogP contribution in [0.25, 0.3) is 11.3 Å². The van der Waals surface area contributed by atoms with Gasteiger partial charge in [0.15, 0.2) is 0 Å². The lowest BCUT2D eigenvalue weighted by molar-refractivity contribution is 0.379. The maximum Gasteiger partial charge on any atom is 0.244 e. The number of nitrogens with zero attached hydrogens (tertiary/aromatic N) is 2. The van der Waals surface area contributed by atoms with Gasteiger partial charge in [0.1, 0.15) is 17.5 Å². The summed E-state index contributed by atoms with van der Waals surface area (Å²) in [5.74, 6) is -0.357. The summed E-state index contributed by atoms with van der Waals surface area (Å²) in [6.07, 6.45) is 0. The number of ether oxygens (including phenoxy) is 1. The van der Waals surface area contributed by atoms with Crippen molar-refractivity contribution in [1.29, 1.82) is 5.26 Å². The minimum absolute atomic E-state index is 0.0432. The molecular weight excluding hydrogens is 407 g/mol. The van der Waals surface area contributed by atoms with Crippen LogP contribution in [-0.2, 0) is 0 Å². The quantitative estimate of drug-likeness (QED) is 0.653. The van der Waals surface area contributed by atoms with Crippen molar-refractivity contribution in [3.8, 4) is 23.2 Å². The van der Waals surface area contributed by atoms with Gasteiger partial charge >= 0.3 is 0 Å². The minimum Gasteiger partial charge on any atom is -0.420 e. The van der Waals surface area contributed by atoms with Crippen molar-refractivity contribution < 1.29 is 9.13 Å². The van der Waals surface area contributed by atoms with E-state index in [-0.39, 0.29) is 11.7 Å². The second-order valence-electron chi connectivity index (χ2n) is 5.39. The van der Waals surface area contributed by atoms with E-state index in [9.17, 15) is 9.65 Å². The Morgan fingerprint density at radius 1 is 1.28 bits per heavy atom. The third-order valence-electron chi connectivity index (χ3n) is 3.95. The molecule has 0 aliphatic carbocycles. The van der Waals surface area contributed by atoms with Gasteiger partial charge in [-0.3, -0.25) is 5.10 Å². The van der Waals surface area contributed by atoms with Gasteiger partial charge in [0.05, 0.1) is 21.0 Å². The number of aromatic amines is 1. The maximum atomic E-state index is 13.3. The number of thiophene rings is 1. The Morgan fingerprint density at radius 2 is 2.04 bits per heavy atom. The van der Waals surface area contributed by atoms with Crippen LogP contribution in [-0.4, -0.2) is 10.2 Å². The number of aromatic nitrogens is 2. The molecule has 0 saturated carbocycles. The van der Waals surface area contributed by atoms with Gasteiger partial charge in [0.2, 0.25) is 11.8 Å². The van der Waals surface area contributed by atoms with Crippen LogP contribution in [0.1, 0.15) is 16.4 Å². The number of fused-ring (bicyclic) bond motifs is 1. The van der Waals surface area contributed by atoms with E-state index in [1.165, 1.54) is 23.5 Å². The second kappa shape index (κ2) is 6.02. The lowest BCUT2D eigenvalue weighted by Gasteiger charge is -2.22. The number of allylic oxidation sites excluding steroid dienone is 1. The highest BCUT2D eigenvalue weighted by molar-refractivity contribution is 9.11. The lowest BCUT2D eigenvalue weighted by Crippen LogP contribution is -2.20.